The molecule has 16 heavy (non-hydrogen) atoms. The Morgan fingerprint density at radius 3 is 2.75 bits per heavy atom. The van der Waals surface area contributed by atoms with Crippen molar-refractivity contribution >= 4 is 5.97 Å². The fourth-order valence-corrected chi connectivity index (χ4v) is 2.39. The molecule has 1 saturated heterocycles. The van der Waals surface area contributed by atoms with Crippen molar-refractivity contribution in [1.29, 1.82) is 0 Å². The molecular weight excluding hydrogens is 206 g/mol. The van der Waals surface area contributed by atoms with Crippen LogP contribution < -0.4 is 0 Å². The van der Waals surface area contributed by atoms with E-state index in [-0.39, 0.29) is 12.5 Å². The van der Waals surface area contributed by atoms with Gasteiger partial charge in [0.1, 0.15) is 0 Å². The number of carboxylic acid groups (broad SMARTS) is 1. The number of rotatable bonds is 5. The fourth-order valence-electron chi connectivity index (χ4n) is 2.39. The van der Waals surface area contributed by atoms with Crippen molar-refractivity contribution in [3.05, 3.63) is 0 Å². The highest BCUT2D eigenvalue weighted by atomic mass is 16.4. The van der Waals surface area contributed by atoms with E-state index in [1.165, 1.54) is 0 Å². The van der Waals surface area contributed by atoms with Gasteiger partial charge in [0, 0.05) is 19.6 Å². The molecular formula is C12H23NO3. The molecule has 4 heteroatoms. The van der Waals surface area contributed by atoms with Crippen LogP contribution in [-0.4, -0.2) is 46.8 Å². The van der Waals surface area contributed by atoms with E-state index in [9.17, 15) is 9.90 Å². The van der Waals surface area contributed by atoms with Crippen LogP contribution in [0, 0.1) is 11.8 Å². The SMILES string of the molecule is CC(C)C[C@H]1CN(CCC(=O)O)CC[C@H]1O. The molecule has 0 bridgehead atoms. The highest BCUT2D eigenvalue weighted by Gasteiger charge is 2.28. The van der Waals surface area contributed by atoms with Crippen molar-refractivity contribution in [2.24, 2.45) is 11.8 Å². The van der Waals surface area contributed by atoms with Crippen molar-refractivity contribution in [2.45, 2.75) is 39.2 Å². The number of carboxylic acids is 1. The van der Waals surface area contributed by atoms with E-state index in [0.717, 1.165) is 25.9 Å². The van der Waals surface area contributed by atoms with E-state index in [1.807, 2.05) is 0 Å². The molecule has 0 aromatic rings. The fraction of sp³-hybridized carbons (Fsp3) is 0.917. The quantitative estimate of drug-likeness (QED) is 0.743. The maximum Gasteiger partial charge on any atom is 0.304 e. The molecule has 0 saturated carbocycles. The van der Waals surface area contributed by atoms with Gasteiger partial charge in [-0.15, -0.1) is 0 Å². The van der Waals surface area contributed by atoms with Gasteiger partial charge < -0.3 is 15.1 Å². The number of hydrogen-bond donors (Lipinski definition) is 2. The van der Waals surface area contributed by atoms with E-state index in [0.29, 0.717) is 18.4 Å². The molecule has 1 fully saturated rings. The molecule has 0 radical (unpaired) electrons. The Hall–Kier alpha value is -0.610. The Kier molecular flexibility index (Phi) is 5.22. The molecule has 1 aliphatic rings. The summed E-state index contributed by atoms with van der Waals surface area (Å²) < 4.78 is 0. The predicted octanol–water partition coefficient (Wildman–Crippen LogP) is 1.19. The van der Waals surface area contributed by atoms with Crippen molar-refractivity contribution in [2.75, 3.05) is 19.6 Å². The highest BCUT2D eigenvalue weighted by molar-refractivity contribution is 5.66. The second-order valence-electron chi connectivity index (χ2n) is 5.19. The molecule has 2 atom stereocenters. The minimum absolute atomic E-state index is 0.199. The minimum atomic E-state index is -0.744. The summed E-state index contributed by atoms with van der Waals surface area (Å²) in [6, 6.07) is 0. The van der Waals surface area contributed by atoms with Crippen LogP contribution in [0.4, 0.5) is 0 Å². The van der Waals surface area contributed by atoms with E-state index >= 15 is 0 Å². The van der Waals surface area contributed by atoms with E-state index in [2.05, 4.69) is 18.7 Å². The first-order chi connectivity index (χ1) is 7.49. The van der Waals surface area contributed by atoms with Gasteiger partial charge in [0.05, 0.1) is 12.5 Å². The van der Waals surface area contributed by atoms with Crippen molar-refractivity contribution in [3.63, 3.8) is 0 Å². The predicted molar refractivity (Wildman–Crippen MR) is 62.3 cm³/mol. The van der Waals surface area contributed by atoms with Crippen LogP contribution in [0.25, 0.3) is 0 Å². The average molecular weight is 229 g/mol. The summed E-state index contributed by atoms with van der Waals surface area (Å²) in [5.74, 6) is 0.146. The molecule has 4 nitrogen and oxygen atoms in total. The van der Waals surface area contributed by atoms with Crippen LogP contribution in [0.15, 0.2) is 0 Å². The van der Waals surface area contributed by atoms with Gasteiger partial charge in [-0.3, -0.25) is 4.79 Å². The molecule has 1 rings (SSSR count). The Bertz CT molecular complexity index is 230. The molecule has 1 aliphatic heterocycles. The Morgan fingerprint density at radius 1 is 1.50 bits per heavy atom. The Morgan fingerprint density at radius 2 is 2.19 bits per heavy atom. The van der Waals surface area contributed by atoms with Crippen molar-refractivity contribution < 1.29 is 15.0 Å². The summed E-state index contributed by atoms with van der Waals surface area (Å²) in [7, 11) is 0. The van der Waals surface area contributed by atoms with Gasteiger partial charge in [0.2, 0.25) is 0 Å². The number of carbonyl (C=O) groups is 1. The van der Waals surface area contributed by atoms with E-state index < -0.39 is 5.97 Å². The maximum absolute atomic E-state index is 10.5. The molecule has 0 aromatic carbocycles. The molecule has 0 spiro atoms. The van der Waals surface area contributed by atoms with Gasteiger partial charge in [0.15, 0.2) is 0 Å². The Balaban J connectivity index is 2.37. The summed E-state index contributed by atoms with van der Waals surface area (Å²) >= 11 is 0. The zero-order chi connectivity index (χ0) is 12.1. The van der Waals surface area contributed by atoms with Crippen molar-refractivity contribution in [3.8, 4) is 0 Å². The molecule has 1 heterocycles. The second kappa shape index (κ2) is 6.21. The van der Waals surface area contributed by atoms with Gasteiger partial charge in [-0.25, -0.2) is 0 Å². The van der Waals surface area contributed by atoms with Gasteiger partial charge in [0.25, 0.3) is 0 Å². The minimum Gasteiger partial charge on any atom is -0.481 e. The highest BCUT2D eigenvalue weighted by Crippen LogP contribution is 2.23. The van der Waals surface area contributed by atoms with Gasteiger partial charge in [-0.2, -0.15) is 0 Å². The number of piperidine rings is 1. The second-order valence-corrected chi connectivity index (χ2v) is 5.19. The average Bonchev–Trinajstić information content (AvgIpc) is 2.18. The van der Waals surface area contributed by atoms with Crippen LogP contribution >= 0.6 is 0 Å². The zero-order valence-corrected chi connectivity index (χ0v) is 10.2. The summed E-state index contributed by atoms with van der Waals surface area (Å²) in [4.78, 5) is 12.7. The lowest BCUT2D eigenvalue weighted by atomic mass is 9.87. The van der Waals surface area contributed by atoms with Crippen molar-refractivity contribution in [1.82, 2.24) is 4.90 Å². The topological polar surface area (TPSA) is 60.8 Å². The summed E-state index contributed by atoms with van der Waals surface area (Å²) in [6.45, 7) is 6.58. The van der Waals surface area contributed by atoms with Gasteiger partial charge >= 0.3 is 5.97 Å². The lowest BCUT2D eigenvalue weighted by molar-refractivity contribution is -0.137. The normalized spacial score (nSPS) is 27.2. The third-order valence-corrected chi connectivity index (χ3v) is 3.19. The number of aliphatic hydroxyl groups is 1. The lowest BCUT2D eigenvalue weighted by Gasteiger charge is -2.36. The monoisotopic (exact) mass is 229 g/mol. The van der Waals surface area contributed by atoms with E-state index in [1.54, 1.807) is 0 Å². The molecule has 0 aromatic heterocycles. The number of likely N-dealkylation sites (tertiary alicyclic amines) is 1. The summed E-state index contributed by atoms with van der Waals surface area (Å²) in [5, 5.41) is 18.5. The molecule has 0 unspecified atom stereocenters. The molecule has 0 amide bonds. The summed E-state index contributed by atoms with van der Waals surface area (Å²) in [6.07, 6.45) is 1.79. The number of aliphatic carboxylic acids is 1. The number of aliphatic hydroxyl groups excluding tert-OH is 1. The van der Waals surface area contributed by atoms with E-state index in [4.69, 9.17) is 5.11 Å². The van der Waals surface area contributed by atoms with Crippen LogP contribution in [-0.2, 0) is 4.79 Å². The van der Waals surface area contributed by atoms with Gasteiger partial charge in [-0.1, -0.05) is 13.8 Å². The molecule has 0 aliphatic carbocycles. The number of hydrogen-bond acceptors (Lipinski definition) is 3. The lowest BCUT2D eigenvalue weighted by Crippen LogP contribution is -2.44. The first-order valence-corrected chi connectivity index (χ1v) is 6.11. The third kappa shape index (κ3) is 4.49. The third-order valence-electron chi connectivity index (χ3n) is 3.19. The van der Waals surface area contributed by atoms with Gasteiger partial charge in [-0.05, 0) is 24.7 Å². The summed E-state index contributed by atoms with van der Waals surface area (Å²) in [5.41, 5.74) is 0. The molecule has 2 N–H and O–H groups in total. The van der Waals surface area contributed by atoms with Crippen LogP contribution in [0.2, 0.25) is 0 Å². The van der Waals surface area contributed by atoms with Crippen LogP contribution in [0.1, 0.15) is 33.1 Å². The maximum atomic E-state index is 10.5. The smallest absolute Gasteiger partial charge is 0.304 e. The largest absolute Gasteiger partial charge is 0.481 e. The number of nitrogens with zero attached hydrogens (tertiary/aromatic N) is 1. The van der Waals surface area contributed by atoms with Crippen LogP contribution in [0.5, 0.6) is 0 Å². The zero-order valence-electron chi connectivity index (χ0n) is 10.2. The standard InChI is InChI=1S/C12H23NO3/c1-9(2)7-10-8-13(5-3-11(10)14)6-4-12(15)16/h9-11,14H,3-8H2,1-2H3,(H,15,16)/t10-,11+/m0/s1. The first kappa shape index (κ1) is 13.5. The molecule has 94 valence electrons. The van der Waals surface area contributed by atoms with Crippen LogP contribution in [0.3, 0.4) is 0 Å². The first-order valence-electron chi connectivity index (χ1n) is 6.11. The Labute approximate surface area is 97.3 Å².